The minimum absolute atomic E-state index is 0.248. The van der Waals surface area contributed by atoms with Crippen molar-refractivity contribution in [1.82, 2.24) is 9.55 Å². The summed E-state index contributed by atoms with van der Waals surface area (Å²) in [5, 5.41) is 9.86. The van der Waals surface area contributed by atoms with E-state index in [-0.39, 0.29) is 11.8 Å². The van der Waals surface area contributed by atoms with Crippen LogP contribution in [-0.4, -0.2) is 14.7 Å². The predicted octanol–water partition coefficient (Wildman–Crippen LogP) is 3.49. The molecule has 84 valence electrons. The Morgan fingerprint density at radius 3 is 2.44 bits per heavy atom. The molecule has 0 aliphatic heterocycles. The molecule has 0 aliphatic rings. The molecule has 1 aromatic carbocycles. The highest BCUT2D eigenvalue weighted by Gasteiger charge is 2.12. The molecule has 3 nitrogen and oxygen atoms in total. The van der Waals surface area contributed by atoms with Gasteiger partial charge in [-0.3, -0.25) is 0 Å². The lowest BCUT2D eigenvalue weighted by molar-refractivity contribution is 0.475. The van der Waals surface area contributed by atoms with Crippen molar-refractivity contribution in [3.8, 4) is 17.1 Å². The molecular formula is C12H13ClN2O. The lowest BCUT2D eigenvalue weighted by Gasteiger charge is -2.12. The summed E-state index contributed by atoms with van der Waals surface area (Å²) >= 11 is 6.07. The second-order valence-corrected chi connectivity index (χ2v) is 4.30. The van der Waals surface area contributed by atoms with E-state index < -0.39 is 0 Å². The predicted molar refractivity (Wildman–Crippen MR) is 64.7 cm³/mol. The summed E-state index contributed by atoms with van der Waals surface area (Å²) < 4.78 is 1.95. The molecule has 0 spiro atoms. The monoisotopic (exact) mass is 236 g/mol. The molecule has 1 aromatic heterocycles. The van der Waals surface area contributed by atoms with Crippen molar-refractivity contribution in [3.05, 3.63) is 35.6 Å². The van der Waals surface area contributed by atoms with Crippen molar-refractivity contribution in [1.29, 1.82) is 0 Å². The van der Waals surface area contributed by atoms with Crippen LogP contribution in [0.15, 0.2) is 30.5 Å². The van der Waals surface area contributed by atoms with E-state index in [9.17, 15) is 5.11 Å². The van der Waals surface area contributed by atoms with Crippen molar-refractivity contribution in [2.75, 3.05) is 0 Å². The Hall–Kier alpha value is -1.48. The van der Waals surface area contributed by atoms with Crippen LogP contribution >= 0.6 is 11.6 Å². The molecule has 0 atom stereocenters. The van der Waals surface area contributed by atoms with Gasteiger partial charge in [0, 0.05) is 11.6 Å². The number of phenols is 1. The largest absolute Gasteiger partial charge is 0.508 e. The normalized spacial score (nSPS) is 11.0. The number of hydrogen-bond acceptors (Lipinski definition) is 2. The molecule has 0 unspecified atom stereocenters. The summed E-state index contributed by atoms with van der Waals surface area (Å²) in [6.07, 6.45) is 1.64. The smallest absolute Gasteiger partial charge is 0.141 e. The van der Waals surface area contributed by atoms with Crippen molar-refractivity contribution < 1.29 is 5.11 Å². The van der Waals surface area contributed by atoms with Crippen LogP contribution in [-0.2, 0) is 0 Å². The summed E-state index contributed by atoms with van der Waals surface area (Å²) in [4.78, 5) is 4.29. The first-order valence-corrected chi connectivity index (χ1v) is 5.49. The number of imidazole rings is 1. The van der Waals surface area contributed by atoms with E-state index >= 15 is 0 Å². The van der Waals surface area contributed by atoms with Crippen LogP contribution in [0, 0.1) is 0 Å². The van der Waals surface area contributed by atoms with Crippen LogP contribution in [0.2, 0.25) is 5.15 Å². The third-order valence-electron chi connectivity index (χ3n) is 2.39. The standard InChI is InChI=1S/C12H13ClN2O/c1-8(2)15-11(13)7-14-12(15)9-3-5-10(16)6-4-9/h3-8,16H,1-2H3. The molecule has 1 heterocycles. The Bertz CT molecular complexity index is 488. The Morgan fingerprint density at radius 2 is 1.88 bits per heavy atom. The maximum atomic E-state index is 9.23. The molecule has 0 amide bonds. The molecule has 0 saturated carbocycles. The van der Waals surface area contributed by atoms with Crippen molar-refractivity contribution >= 4 is 11.6 Å². The molecule has 1 N–H and O–H groups in total. The van der Waals surface area contributed by atoms with E-state index in [4.69, 9.17) is 11.6 Å². The first kappa shape index (κ1) is 11.0. The average molecular weight is 237 g/mol. The van der Waals surface area contributed by atoms with E-state index in [2.05, 4.69) is 18.8 Å². The topological polar surface area (TPSA) is 38.0 Å². The van der Waals surface area contributed by atoms with Gasteiger partial charge in [0.05, 0.1) is 6.20 Å². The van der Waals surface area contributed by atoms with E-state index in [1.807, 2.05) is 16.7 Å². The molecule has 16 heavy (non-hydrogen) atoms. The Kier molecular flexibility index (Phi) is 2.88. The Labute approximate surface area is 99.3 Å². The van der Waals surface area contributed by atoms with Crippen LogP contribution in [0.25, 0.3) is 11.4 Å². The van der Waals surface area contributed by atoms with Crippen molar-refractivity contribution in [2.45, 2.75) is 19.9 Å². The summed E-state index contributed by atoms with van der Waals surface area (Å²) in [5.74, 6) is 1.07. The Morgan fingerprint density at radius 1 is 1.25 bits per heavy atom. The zero-order chi connectivity index (χ0) is 11.7. The van der Waals surface area contributed by atoms with Gasteiger partial charge in [0.1, 0.15) is 16.7 Å². The number of halogens is 1. The van der Waals surface area contributed by atoms with Gasteiger partial charge >= 0.3 is 0 Å². The number of aromatic nitrogens is 2. The fourth-order valence-electron chi connectivity index (χ4n) is 1.66. The van der Waals surface area contributed by atoms with Crippen molar-refractivity contribution in [2.24, 2.45) is 0 Å². The maximum Gasteiger partial charge on any atom is 0.141 e. The first-order valence-electron chi connectivity index (χ1n) is 5.11. The van der Waals surface area contributed by atoms with Crippen LogP contribution in [0.3, 0.4) is 0 Å². The quantitative estimate of drug-likeness (QED) is 0.867. The third-order valence-corrected chi connectivity index (χ3v) is 2.67. The minimum atomic E-state index is 0.248. The third kappa shape index (κ3) is 1.91. The second-order valence-electron chi connectivity index (χ2n) is 3.92. The molecule has 2 aromatic rings. The molecule has 0 fully saturated rings. The minimum Gasteiger partial charge on any atom is -0.508 e. The fraction of sp³-hybridized carbons (Fsp3) is 0.250. The lowest BCUT2D eigenvalue weighted by atomic mass is 10.2. The van der Waals surface area contributed by atoms with Gasteiger partial charge in [-0.2, -0.15) is 0 Å². The maximum absolute atomic E-state index is 9.23. The van der Waals surface area contributed by atoms with Gasteiger partial charge < -0.3 is 9.67 Å². The molecule has 0 bridgehead atoms. The first-order chi connectivity index (χ1) is 7.59. The summed E-state index contributed by atoms with van der Waals surface area (Å²) in [7, 11) is 0. The van der Waals surface area contributed by atoms with Gasteiger partial charge in [-0.1, -0.05) is 11.6 Å². The molecule has 2 rings (SSSR count). The number of hydrogen-bond donors (Lipinski definition) is 1. The van der Waals surface area contributed by atoms with E-state index in [0.29, 0.717) is 5.15 Å². The molecular weight excluding hydrogens is 224 g/mol. The zero-order valence-corrected chi connectivity index (χ0v) is 9.94. The van der Waals surface area contributed by atoms with Gasteiger partial charge in [0.2, 0.25) is 0 Å². The summed E-state index contributed by atoms with van der Waals surface area (Å²) in [6, 6.07) is 7.18. The van der Waals surface area contributed by atoms with Crippen molar-refractivity contribution in [3.63, 3.8) is 0 Å². The van der Waals surface area contributed by atoms with Gasteiger partial charge in [-0.05, 0) is 38.1 Å². The number of aromatic hydroxyl groups is 1. The van der Waals surface area contributed by atoms with Crippen LogP contribution in [0.5, 0.6) is 5.75 Å². The zero-order valence-electron chi connectivity index (χ0n) is 9.18. The molecule has 0 aliphatic carbocycles. The number of benzene rings is 1. The van der Waals surface area contributed by atoms with E-state index in [1.165, 1.54) is 0 Å². The second kappa shape index (κ2) is 4.18. The van der Waals surface area contributed by atoms with Gasteiger partial charge in [-0.25, -0.2) is 4.98 Å². The van der Waals surface area contributed by atoms with Gasteiger partial charge in [0.25, 0.3) is 0 Å². The van der Waals surface area contributed by atoms with E-state index in [1.54, 1.807) is 18.3 Å². The average Bonchev–Trinajstić information content (AvgIpc) is 2.61. The molecule has 0 radical (unpaired) electrons. The molecule has 4 heteroatoms. The lowest BCUT2D eigenvalue weighted by Crippen LogP contribution is -2.03. The molecule has 0 saturated heterocycles. The van der Waals surface area contributed by atoms with Crippen LogP contribution < -0.4 is 0 Å². The van der Waals surface area contributed by atoms with Crippen LogP contribution in [0.1, 0.15) is 19.9 Å². The van der Waals surface area contributed by atoms with E-state index in [0.717, 1.165) is 11.4 Å². The highest BCUT2D eigenvalue weighted by molar-refractivity contribution is 6.29. The Balaban J connectivity index is 2.52. The summed E-state index contributed by atoms with van der Waals surface area (Å²) in [6.45, 7) is 4.11. The SMILES string of the molecule is CC(C)n1c(Cl)cnc1-c1ccc(O)cc1. The van der Waals surface area contributed by atoms with Gasteiger partial charge in [-0.15, -0.1) is 0 Å². The number of nitrogens with zero attached hydrogens (tertiary/aromatic N) is 2. The summed E-state index contributed by atoms with van der Waals surface area (Å²) in [5.41, 5.74) is 0.943. The fourth-order valence-corrected chi connectivity index (χ4v) is 1.98. The number of rotatable bonds is 2. The number of phenolic OH excluding ortho intramolecular Hbond substituents is 1. The van der Waals surface area contributed by atoms with Gasteiger partial charge in [0.15, 0.2) is 0 Å². The highest BCUT2D eigenvalue weighted by Crippen LogP contribution is 2.27. The van der Waals surface area contributed by atoms with Crippen LogP contribution in [0.4, 0.5) is 0 Å². The highest BCUT2D eigenvalue weighted by atomic mass is 35.5.